The first-order valence-corrected chi connectivity index (χ1v) is 8.64. The molecular formula is C17H29N3O. The fourth-order valence-electron chi connectivity index (χ4n) is 3.90. The summed E-state index contributed by atoms with van der Waals surface area (Å²) in [5.41, 5.74) is 6.83. The zero-order chi connectivity index (χ0) is 14.9. The van der Waals surface area contributed by atoms with Crippen molar-refractivity contribution in [3.63, 3.8) is 0 Å². The maximum atomic E-state index is 6.36. The zero-order valence-electron chi connectivity index (χ0n) is 13.5. The van der Waals surface area contributed by atoms with Crippen LogP contribution in [0.25, 0.3) is 0 Å². The highest BCUT2D eigenvalue weighted by atomic mass is 16.5. The molecule has 118 valence electrons. The molecular weight excluding hydrogens is 262 g/mol. The van der Waals surface area contributed by atoms with Crippen molar-refractivity contribution in [2.24, 2.45) is 17.1 Å². The van der Waals surface area contributed by atoms with Gasteiger partial charge in [-0.2, -0.15) is 4.98 Å². The molecule has 1 aromatic rings. The van der Waals surface area contributed by atoms with Crippen molar-refractivity contribution in [2.75, 3.05) is 0 Å². The molecule has 2 aliphatic carbocycles. The average Bonchev–Trinajstić information content (AvgIpc) is 2.97. The molecule has 4 nitrogen and oxygen atoms in total. The van der Waals surface area contributed by atoms with Gasteiger partial charge in [-0.3, -0.25) is 0 Å². The molecule has 0 aromatic carbocycles. The van der Waals surface area contributed by atoms with Crippen molar-refractivity contribution in [3.8, 4) is 0 Å². The van der Waals surface area contributed by atoms with Gasteiger partial charge in [0.2, 0.25) is 5.89 Å². The summed E-state index contributed by atoms with van der Waals surface area (Å²) in [5.74, 6) is 2.56. The molecule has 0 saturated heterocycles. The van der Waals surface area contributed by atoms with Crippen LogP contribution < -0.4 is 5.73 Å². The van der Waals surface area contributed by atoms with E-state index in [0.717, 1.165) is 5.82 Å². The van der Waals surface area contributed by atoms with E-state index in [0.29, 0.717) is 23.1 Å². The summed E-state index contributed by atoms with van der Waals surface area (Å²) in [4.78, 5) is 4.65. The summed E-state index contributed by atoms with van der Waals surface area (Å²) >= 11 is 0. The molecule has 0 amide bonds. The molecule has 1 unspecified atom stereocenters. The first-order valence-electron chi connectivity index (χ1n) is 8.64. The average molecular weight is 291 g/mol. The molecule has 2 fully saturated rings. The van der Waals surface area contributed by atoms with Crippen molar-refractivity contribution in [1.82, 2.24) is 10.1 Å². The molecule has 3 rings (SSSR count). The van der Waals surface area contributed by atoms with Gasteiger partial charge in [-0.05, 0) is 49.9 Å². The molecule has 2 saturated carbocycles. The molecule has 0 radical (unpaired) electrons. The van der Waals surface area contributed by atoms with Crippen LogP contribution in [0.5, 0.6) is 0 Å². The Balaban J connectivity index is 1.63. The van der Waals surface area contributed by atoms with Crippen molar-refractivity contribution < 1.29 is 4.52 Å². The van der Waals surface area contributed by atoms with Crippen LogP contribution in [-0.4, -0.2) is 10.1 Å². The van der Waals surface area contributed by atoms with E-state index >= 15 is 0 Å². The predicted molar refractivity (Wildman–Crippen MR) is 82.8 cm³/mol. The summed E-state index contributed by atoms with van der Waals surface area (Å²) < 4.78 is 5.50. The number of rotatable bonds is 3. The number of nitrogens with zero attached hydrogens (tertiary/aromatic N) is 2. The summed E-state index contributed by atoms with van der Waals surface area (Å²) in [6.07, 6.45) is 11.2. The van der Waals surface area contributed by atoms with E-state index in [2.05, 4.69) is 24.0 Å². The molecule has 0 spiro atoms. The van der Waals surface area contributed by atoms with Gasteiger partial charge in [0.15, 0.2) is 5.82 Å². The third-order valence-electron chi connectivity index (χ3n) is 5.60. The zero-order valence-corrected chi connectivity index (χ0v) is 13.5. The smallest absolute Gasteiger partial charge is 0.243 e. The van der Waals surface area contributed by atoms with Crippen LogP contribution in [0, 0.1) is 11.3 Å². The number of nitrogens with two attached hydrogens (primary N) is 1. The second kappa shape index (κ2) is 6.07. The Morgan fingerprint density at radius 3 is 2.43 bits per heavy atom. The number of aromatic nitrogens is 2. The van der Waals surface area contributed by atoms with E-state index in [-0.39, 0.29) is 6.04 Å². The quantitative estimate of drug-likeness (QED) is 0.900. The summed E-state index contributed by atoms with van der Waals surface area (Å²) in [5, 5.41) is 4.24. The second-order valence-electron chi connectivity index (χ2n) is 7.85. The molecule has 2 N–H and O–H groups in total. The molecule has 2 aliphatic rings. The van der Waals surface area contributed by atoms with Crippen LogP contribution in [0.1, 0.15) is 95.3 Å². The maximum absolute atomic E-state index is 6.36. The Morgan fingerprint density at radius 2 is 1.76 bits per heavy atom. The van der Waals surface area contributed by atoms with E-state index in [1.165, 1.54) is 57.8 Å². The van der Waals surface area contributed by atoms with Gasteiger partial charge in [-0.25, -0.2) is 0 Å². The monoisotopic (exact) mass is 291 g/mol. The van der Waals surface area contributed by atoms with Crippen LogP contribution in [0.4, 0.5) is 0 Å². The summed E-state index contributed by atoms with van der Waals surface area (Å²) in [7, 11) is 0. The predicted octanol–water partition coefficient (Wildman–Crippen LogP) is 4.33. The van der Waals surface area contributed by atoms with Gasteiger partial charge < -0.3 is 10.3 Å². The topological polar surface area (TPSA) is 64.9 Å². The van der Waals surface area contributed by atoms with Crippen LogP contribution in [0.2, 0.25) is 0 Å². The minimum absolute atomic E-state index is 0.0634. The Hall–Kier alpha value is -0.900. The van der Waals surface area contributed by atoms with Crippen molar-refractivity contribution in [2.45, 2.75) is 83.6 Å². The summed E-state index contributed by atoms with van der Waals surface area (Å²) in [6.45, 7) is 4.70. The fraction of sp³-hybridized carbons (Fsp3) is 0.882. The molecule has 21 heavy (non-hydrogen) atoms. The fourth-order valence-corrected chi connectivity index (χ4v) is 3.90. The Kier molecular flexibility index (Phi) is 4.34. The lowest BCUT2D eigenvalue weighted by Gasteiger charge is -2.32. The van der Waals surface area contributed by atoms with Crippen molar-refractivity contribution in [1.29, 1.82) is 0 Å². The number of hydrogen-bond acceptors (Lipinski definition) is 4. The Labute approximate surface area is 127 Å². The third kappa shape index (κ3) is 3.47. The highest BCUT2D eigenvalue weighted by Gasteiger charge is 2.32. The van der Waals surface area contributed by atoms with Gasteiger partial charge in [-0.15, -0.1) is 0 Å². The SMILES string of the molecule is CC1(C)CCC(c2noc(C(N)C3CCCCC3)n2)CC1. The van der Waals surface area contributed by atoms with Crippen LogP contribution >= 0.6 is 0 Å². The van der Waals surface area contributed by atoms with E-state index < -0.39 is 0 Å². The minimum atomic E-state index is -0.0634. The molecule has 4 heteroatoms. The normalized spacial score (nSPS) is 25.9. The molecule has 1 heterocycles. The van der Waals surface area contributed by atoms with Crippen LogP contribution in [0.3, 0.4) is 0 Å². The lowest BCUT2D eigenvalue weighted by Crippen LogP contribution is -2.24. The van der Waals surface area contributed by atoms with Crippen LogP contribution in [0.15, 0.2) is 4.52 Å². The van der Waals surface area contributed by atoms with Crippen molar-refractivity contribution in [3.05, 3.63) is 11.7 Å². The molecule has 0 aliphatic heterocycles. The van der Waals surface area contributed by atoms with Crippen LogP contribution in [-0.2, 0) is 0 Å². The Bertz CT molecular complexity index is 452. The van der Waals surface area contributed by atoms with Gasteiger partial charge in [0.1, 0.15) is 0 Å². The number of hydrogen-bond donors (Lipinski definition) is 1. The van der Waals surface area contributed by atoms with Gasteiger partial charge >= 0.3 is 0 Å². The lowest BCUT2D eigenvalue weighted by atomic mass is 9.73. The first-order chi connectivity index (χ1) is 10.1. The van der Waals surface area contributed by atoms with E-state index in [4.69, 9.17) is 10.3 Å². The summed E-state index contributed by atoms with van der Waals surface area (Å²) in [6, 6.07) is -0.0634. The highest BCUT2D eigenvalue weighted by Crippen LogP contribution is 2.42. The van der Waals surface area contributed by atoms with E-state index in [1.54, 1.807) is 0 Å². The first kappa shape index (κ1) is 15.0. The minimum Gasteiger partial charge on any atom is -0.338 e. The Morgan fingerprint density at radius 1 is 1.10 bits per heavy atom. The van der Waals surface area contributed by atoms with Gasteiger partial charge in [-0.1, -0.05) is 38.3 Å². The van der Waals surface area contributed by atoms with E-state index in [1.807, 2.05) is 0 Å². The molecule has 1 atom stereocenters. The lowest BCUT2D eigenvalue weighted by molar-refractivity contribution is 0.217. The van der Waals surface area contributed by atoms with Gasteiger partial charge in [0, 0.05) is 5.92 Å². The van der Waals surface area contributed by atoms with Gasteiger partial charge in [0.25, 0.3) is 0 Å². The highest BCUT2D eigenvalue weighted by molar-refractivity contribution is 5.02. The maximum Gasteiger partial charge on any atom is 0.243 e. The second-order valence-corrected chi connectivity index (χ2v) is 7.85. The largest absolute Gasteiger partial charge is 0.338 e. The molecule has 0 bridgehead atoms. The third-order valence-corrected chi connectivity index (χ3v) is 5.60. The standard InChI is InChI=1S/C17H29N3O/c1-17(2)10-8-13(9-11-17)15-19-16(21-20-15)14(18)12-6-4-3-5-7-12/h12-14H,3-11,18H2,1-2H3. The molecule has 1 aromatic heterocycles. The van der Waals surface area contributed by atoms with Gasteiger partial charge in [0.05, 0.1) is 6.04 Å². The van der Waals surface area contributed by atoms with E-state index in [9.17, 15) is 0 Å². The van der Waals surface area contributed by atoms with Crippen molar-refractivity contribution >= 4 is 0 Å².